The molecule has 0 atom stereocenters. The van der Waals surface area contributed by atoms with Crippen molar-refractivity contribution >= 4 is 32.9 Å². The van der Waals surface area contributed by atoms with Crippen LogP contribution in [0.15, 0.2) is 18.2 Å². The lowest BCUT2D eigenvalue weighted by Gasteiger charge is -2.03. The summed E-state index contributed by atoms with van der Waals surface area (Å²) in [6, 6.07) is 4.53. The van der Waals surface area contributed by atoms with E-state index in [9.17, 15) is 13.2 Å². The molecule has 0 radical (unpaired) electrons. The average molecular weight is 276 g/mol. The first-order valence-electron chi connectivity index (χ1n) is 5.14. The van der Waals surface area contributed by atoms with E-state index in [1.54, 1.807) is 13.0 Å². The maximum atomic E-state index is 11.7. The molecule has 0 amide bonds. The summed E-state index contributed by atoms with van der Waals surface area (Å²) in [7, 11) is -3.12. The third-order valence-electron chi connectivity index (χ3n) is 2.40. The average Bonchev–Trinajstić information content (AvgIpc) is 2.30. The minimum Gasteiger partial charge on any atom is -0.398 e. The number of halogens is 1. The monoisotopic (exact) mass is 275 g/mol. The maximum Gasteiger partial charge on any atom is 0.163 e. The van der Waals surface area contributed by atoms with Gasteiger partial charge in [0.25, 0.3) is 0 Å². The van der Waals surface area contributed by atoms with Crippen molar-refractivity contribution < 1.29 is 13.2 Å². The Morgan fingerprint density at radius 3 is 2.59 bits per heavy atom. The standard InChI is InChI=1S/C11H14ClNO3S/c1-2-17(15,16)6-5-11(14)8-3-4-10(13)9(12)7-8/h3-4,7H,2,5-6,13H2,1H3. The zero-order chi connectivity index (χ0) is 13.1. The number of carbonyl (C=O) groups excluding carboxylic acids is 1. The van der Waals surface area contributed by atoms with Gasteiger partial charge < -0.3 is 5.73 Å². The lowest BCUT2D eigenvalue weighted by atomic mass is 10.1. The number of ketones is 1. The fourth-order valence-corrected chi connectivity index (χ4v) is 2.20. The van der Waals surface area contributed by atoms with Gasteiger partial charge >= 0.3 is 0 Å². The minimum atomic E-state index is -3.12. The van der Waals surface area contributed by atoms with Gasteiger partial charge in [-0.1, -0.05) is 18.5 Å². The Kier molecular flexibility index (Phi) is 4.54. The van der Waals surface area contributed by atoms with Crippen LogP contribution in [0.2, 0.25) is 5.02 Å². The van der Waals surface area contributed by atoms with Crippen LogP contribution in [0.1, 0.15) is 23.7 Å². The number of nitrogen functional groups attached to an aromatic ring is 1. The van der Waals surface area contributed by atoms with Crippen molar-refractivity contribution in [3.8, 4) is 0 Å². The molecule has 17 heavy (non-hydrogen) atoms. The van der Waals surface area contributed by atoms with Gasteiger partial charge in [-0.15, -0.1) is 0 Å². The van der Waals surface area contributed by atoms with E-state index in [1.165, 1.54) is 12.1 Å². The third kappa shape index (κ3) is 4.02. The van der Waals surface area contributed by atoms with E-state index in [0.29, 0.717) is 16.3 Å². The quantitative estimate of drug-likeness (QED) is 0.658. The van der Waals surface area contributed by atoms with E-state index in [4.69, 9.17) is 17.3 Å². The Morgan fingerprint density at radius 1 is 1.41 bits per heavy atom. The van der Waals surface area contributed by atoms with E-state index >= 15 is 0 Å². The molecular weight excluding hydrogens is 262 g/mol. The first kappa shape index (κ1) is 14.0. The Labute approximate surface area is 106 Å². The highest BCUT2D eigenvalue weighted by Crippen LogP contribution is 2.20. The van der Waals surface area contributed by atoms with Crippen LogP contribution in [-0.2, 0) is 9.84 Å². The molecule has 6 heteroatoms. The molecular formula is C11H14ClNO3S. The van der Waals surface area contributed by atoms with Gasteiger partial charge in [-0.3, -0.25) is 4.79 Å². The normalized spacial score (nSPS) is 11.4. The van der Waals surface area contributed by atoms with E-state index < -0.39 is 9.84 Å². The first-order chi connectivity index (χ1) is 7.85. The minimum absolute atomic E-state index is 0.0313. The zero-order valence-corrected chi connectivity index (χ0v) is 11.0. The molecule has 0 saturated heterocycles. The second kappa shape index (κ2) is 5.51. The van der Waals surface area contributed by atoms with Crippen LogP contribution in [0.25, 0.3) is 0 Å². The van der Waals surface area contributed by atoms with Crippen LogP contribution in [0.5, 0.6) is 0 Å². The van der Waals surface area contributed by atoms with Crippen molar-refractivity contribution in [1.29, 1.82) is 0 Å². The van der Waals surface area contributed by atoms with Crippen molar-refractivity contribution in [3.63, 3.8) is 0 Å². The summed E-state index contributed by atoms with van der Waals surface area (Å²) in [6.07, 6.45) is -0.0313. The number of benzene rings is 1. The molecule has 0 unspecified atom stereocenters. The van der Waals surface area contributed by atoms with Crippen molar-refractivity contribution in [1.82, 2.24) is 0 Å². The highest BCUT2D eigenvalue weighted by atomic mass is 35.5. The van der Waals surface area contributed by atoms with Gasteiger partial charge in [-0.05, 0) is 18.2 Å². The van der Waals surface area contributed by atoms with Gasteiger partial charge in [0.1, 0.15) is 9.84 Å². The topological polar surface area (TPSA) is 77.2 Å². The molecule has 0 fully saturated rings. The molecule has 0 bridgehead atoms. The van der Waals surface area contributed by atoms with Gasteiger partial charge in [0.2, 0.25) is 0 Å². The number of hydrogen-bond donors (Lipinski definition) is 1. The molecule has 1 aromatic carbocycles. The molecule has 0 aliphatic rings. The molecule has 1 rings (SSSR count). The predicted molar refractivity (Wildman–Crippen MR) is 69.1 cm³/mol. The summed E-state index contributed by atoms with van der Waals surface area (Å²) in [5, 5.41) is 0.300. The van der Waals surface area contributed by atoms with Gasteiger partial charge in [0, 0.05) is 17.7 Å². The summed E-state index contributed by atoms with van der Waals surface area (Å²) in [4.78, 5) is 11.7. The molecule has 94 valence electrons. The molecule has 0 aliphatic heterocycles. The smallest absolute Gasteiger partial charge is 0.163 e. The van der Waals surface area contributed by atoms with E-state index in [1.807, 2.05) is 0 Å². The number of nitrogens with two attached hydrogens (primary N) is 1. The van der Waals surface area contributed by atoms with Crippen LogP contribution in [0.4, 0.5) is 5.69 Å². The highest BCUT2D eigenvalue weighted by molar-refractivity contribution is 7.91. The predicted octanol–water partition coefficient (Wildman–Crippen LogP) is 1.93. The second-order valence-electron chi connectivity index (χ2n) is 3.65. The van der Waals surface area contributed by atoms with Gasteiger partial charge in [0.15, 0.2) is 5.78 Å². The molecule has 4 nitrogen and oxygen atoms in total. The number of sulfone groups is 1. The van der Waals surface area contributed by atoms with Crippen LogP contribution in [-0.4, -0.2) is 25.7 Å². The lowest BCUT2D eigenvalue weighted by Crippen LogP contribution is -2.13. The molecule has 0 saturated carbocycles. The van der Waals surface area contributed by atoms with E-state index in [-0.39, 0.29) is 23.7 Å². The Hall–Kier alpha value is -1.07. The number of Topliss-reactive ketones (excluding diaryl/α,β-unsaturated/α-hetero) is 1. The summed E-state index contributed by atoms with van der Waals surface area (Å²) in [5.74, 6) is -0.337. The Morgan fingerprint density at radius 2 is 2.06 bits per heavy atom. The van der Waals surface area contributed by atoms with Crippen molar-refractivity contribution in [3.05, 3.63) is 28.8 Å². The van der Waals surface area contributed by atoms with Crippen LogP contribution < -0.4 is 5.73 Å². The van der Waals surface area contributed by atoms with Crippen molar-refractivity contribution in [2.24, 2.45) is 0 Å². The van der Waals surface area contributed by atoms with Gasteiger partial charge in [0.05, 0.1) is 16.5 Å². The largest absolute Gasteiger partial charge is 0.398 e. The number of anilines is 1. The van der Waals surface area contributed by atoms with Crippen LogP contribution in [0.3, 0.4) is 0 Å². The molecule has 1 aromatic rings. The summed E-state index contributed by atoms with van der Waals surface area (Å²) in [5.41, 5.74) is 6.29. The fourth-order valence-electron chi connectivity index (χ4n) is 1.24. The molecule has 0 heterocycles. The van der Waals surface area contributed by atoms with Crippen LogP contribution >= 0.6 is 11.6 Å². The maximum absolute atomic E-state index is 11.7. The molecule has 0 spiro atoms. The molecule has 0 aliphatic carbocycles. The lowest BCUT2D eigenvalue weighted by molar-refractivity contribution is 0.0989. The number of rotatable bonds is 5. The van der Waals surface area contributed by atoms with Crippen LogP contribution in [0, 0.1) is 0 Å². The number of carbonyl (C=O) groups is 1. The molecule has 2 N–H and O–H groups in total. The Balaban J connectivity index is 2.74. The zero-order valence-electron chi connectivity index (χ0n) is 9.44. The van der Waals surface area contributed by atoms with Crippen molar-refractivity contribution in [2.75, 3.05) is 17.2 Å². The van der Waals surface area contributed by atoms with Gasteiger partial charge in [-0.2, -0.15) is 0 Å². The SMILES string of the molecule is CCS(=O)(=O)CCC(=O)c1ccc(N)c(Cl)c1. The van der Waals surface area contributed by atoms with Gasteiger partial charge in [-0.25, -0.2) is 8.42 Å². The Bertz CT molecular complexity index is 526. The third-order valence-corrected chi connectivity index (χ3v) is 4.44. The second-order valence-corrected chi connectivity index (χ2v) is 6.53. The van der Waals surface area contributed by atoms with Crippen molar-refractivity contribution in [2.45, 2.75) is 13.3 Å². The number of hydrogen-bond acceptors (Lipinski definition) is 4. The summed E-state index contributed by atoms with van der Waals surface area (Å²) >= 11 is 5.78. The summed E-state index contributed by atoms with van der Waals surface area (Å²) < 4.78 is 22.5. The highest BCUT2D eigenvalue weighted by Gasteiger charge is 2.13. The van der Waals surface area contributed by atoms with E-state index in [2.05, 4.69) is 0 Å². The first-order valence-corrected chi connectivity index (χ1v) is 7.34. The molecule has 0 aromatic heterocycles. The fraction of sp³-hybridized carbons (Fsp3) is 0.364. The summed E-state index contributed by atoms with van der Waals surface area (Å²) in [6.45, 7) is 1.56. The van der Waals surface area contributed by atoms with E-state index in [0.717, 1.165) is 0 Å².